The number of halogens is 1. The lowest BCUT2D eigenvalue weighted by Crippen LogP contribution is -2.44. The summed E-state index contributed by atoms with van der Waals surface area (Å²) in [5, 5.41) is 3.04. The van der Waals surface area contributed by atoms with Crippen LogP contribution in [0.5, 0.6) is 0 Å². The smallest absolute Gasteiger partial charge is 0.338 e. The summed E-state index contributed by atoms with van der Waals surface area (Å²) in [4.78, 5) is 47.3. The summed E-state index contributed by atoms with van der Waals surface area (Å²) in [5.41, 5.74) is 2.31. The Morgan fingerprint density at radius 1 is 1.18 bits per heavy atom. The number of amidine groups is 1. The molecule has 0 aromatic heterocycles. The van der Waals surface area contributed by atoms with Crippen LogP contribution in [0.15, 0.2) is 51.6 Å². The lowest BCUT2D eigenvalue weighted by molar-refractivity contribution is -0.151. The Bertz CT molecular complexity index is 1180. The monoisotopic (exact) mass is 561 g/mol. The van der Waals surface area contributed by atoms with Crippen LogP contribution in [0, 0.1) is 5.92 Å². The van der Waals surface area contributed by atoms with Crippen LogP contribution in [0.4, 0.5) is 0 Å². The van der Waals surface area contributed by atoms with Crippen molar-refractivity contribution in [2.45, 2.75) is 39.2 Å². The average Bonchev–Trinajstić information content (AvgIpc) is 3.30. The Balaban J connectivity index is 1.60. The van der Waals surface area contributed by atoms with Crippen LogP contribution in [0.1, 0.15) is 44.7 Å². The molecule has 0 saturated carbocycles. The van der Waals surface area contributed by atoms with Crippen molar-refractivity contribution >= 4 is 46.4 Å². The first-order valence-electron chi connectivity index (χ1n) is 12.6. The minimum absolute atomic E-state index is 0.0908. The molecule has 4 rings (SSSR count). The van der Waals surface area contributed by atoms with Crippen molar-refractivity contribution in [3.63, 3.8) is 0 Å². The molecule has 0 unspecified atom stereocenters. The topological polar surface area (TPSA) is 97.7 Å². The van der Waals surface area contributed by atoms with Gasteiger partial charge in [0.25, 0.3) is 0 Å². The van der Waals surface area contributed by atoms with E-state index in [0.29, 0.717) is 58.8 Å². The molecule has 38 heavy (non-hydrogen) atoms. The quantitative estimate of drug-likeness (QED) is 0.325. The van der Waals surface area contributed by atoms with Gasteiger partial charge < -0.3 is 24.0 Å². The minimum Gasteiger partial charge on any atom is -0.466 e. The summed E-state index contributed by atoms with van der Waals surface area (Å²) in [7, 11) is 1.54. The van der Waals surface area contributed by atoms with Crippen LogP contribution in [-0.2, 0) is 28.6 Å². The van der Waals surface area contributed by atoms with Crippen LogP contribution in [0.25, 0.3) is 0 Å². The van der Waals surface area contributed by atoms with E-state index in [1.54, 1.807) is 24.8 Å². The molecule has 0 radical (unpaired) electrons. The first-order chi connectivity index (χ1) is 18.3. The summed E-state index contributed by atoms with van der Waals surface area (Å²) in [6.45, 7) is 5.16. The number of likely N-dealkylation sites (tertiary alicyclic amines) is 1. The van der Waals surface area contributed by atoms with Crippen LogP contribution in [0.3, 0.4) is 0 Å². The van der Waals surface area contributed by atoms with Crippen molar-refractivity contribution in [1.82, 2.24) is 9.80 Å². The number of fused-ring (bicyclic) bond motifs is 1. The van der Waals surface area contributed by atoms with Gasteiger partial charge in [0.15, 0.2) is 5.17 Å². The normalized spacial score (nSPS) is 21.1. The number of carbonyl (C=O) groups is 3. The zero-order valence-corrected chi connectivity index (χ0v) is 23.3. The molecule has 3 aliphatic heterocycles. The van der Waals surface area contributed by atoms with Gasteiger partial charge in [-0.3, -0.25) is 9.59 Å². The first-order valence-corrected chi connectivity index (χ1v) is 13.9. The highest BCUT2D eigenvalue weighted by Gasteiger charge is 2.42. The third-order valence-electron chi connectivity index (χ3n) is 6.67. The summed E-state index contributed by atoms with van der Waals surface area (Å²) < 4.78 is 15.7. The Kier molecular flexibility index (Phi) is 9.51. The van der Waals surface area contributed by atoms with E-state index in [0.717, 1.165) is 6.42 Å². The second kappa shape index (κ2) is 12.8. The summed E-state index contributed by atoms with van der Waals surface area (Å²) in [6.07, 6.45) is 1.53. The molecule has 1 fully saturated rings. The Hall–Kier alpha value is -2.82. The molecular weight excluding hydrogens is 530 g/mol. The van der Waals surface area contributed by atoms with Gasteiger partial charge in [0.05, 0.1) is 42.9 Å². The third kappa shape index (κ3) is 6.08. The van der Waals surface area contributed by atoms with Crippen LogP contribution >= 0.6 is 23.4 Å². The number of nitrogens with zero attached hydrogens (tertiary/aromatic N) is 3. The number of benzene rings is 1. The fourth-order valence-corrected chi connectivity index (χ4v) is 6.04. The van der Waals surface area contributed by atoms with Crippen molar-refractivity contribution in [2.24, 2.45) is 10.9 Å². The minimum atomic E-state index is -0.617. The van der Waals surface area contributed by atoms with E-state index in [-0.39, 0.29) is 37.4 Å². The van der Waals surface area contributed by atoms with Gasteiger partial charge in [-0.1, -0.05) is 41.6 Å². The highest BCUT2D eigenvalue weighted by atomic mass is 35.5. The van der Waals surface area contributed by atoms with E-state index in [2.05, 4.69) is 4.99 Å². The molecule has 0 aliphatic carbocycles. The number of methoxy groups -OCH3 is 1. The maximum atomic E-state index is 13.4. The van der Waals surface area contributed by atoms with E-state index >= 15 is 0 Å². The predicted octanol–water partition coefficient (Wildman–Crippen LogP) is 4.30. The van der Waals surface area contributed by atoms with E-state index in [1.807, 2.05) is 28.5 Å². The molecule has 3 aliphatic rings. The molecule has 11 heteroatoms. The fourth-order valence-electron chi connectivity index (χ4n) is 4.84. The summed E-state index contributed by atoms with van der Waals surface area (Å²) in [5.74, 6) is -1.19. The molecule has 9 nitrogen and oxygen atoms in total. The summed E-state index contributed by atoms with van der Waals surface area (Å²) in [6, 6.07) is 6.70. The highest BCUT2D eigenvalue weighted by molar-refractivity contribution is 8.16. The predicted molar refractivity (Wildman–Crippen MR) is 145 cm³/mol. The van der Waals surface area contributed by atoms with Crippen molar-refractivity contribution < 1.29 is 28.6 Å². The van der Waals surface area contributed by atoms with E-state index in [1.165, 1.54) is 18.9 Å². The number of ether oxygens (including phenoxy) is 3. The molecule has 2 atom stereocenters. The molecule has 0 spiro atoms. The maximum Gasteiger partial charge on any atom is 0.338 e. The first kappa shape index (κ1) is 28.2. The number of hydrogen-bond acceptors (Lipinski definition) is 9. The molecule has 1 amide bonds. The molecule has 0 bridgehead atoms. The zero-order valence-electron chi connectivity index (χ0n) is 21.8. The van der Waals surface area contributed by atoms with Gasteiger partial charge in [-0.25, -0.2) is 9.79 Å². The largest absolute Gasteiger partial charge is 0.466 e. The molecular formula is C27H32ClN3O6S. The fraction of sp³-hybridized carbons (Fsp3) is 0.481. The van der Waals surface area contributed by atoms with Gasteiger partial charge in [-0.2, -0.15) is 0 Å². The second-order valence-electron chi connectivity index (χ2n) is 9.15. The number of allylic oxidation sites excluding steroid dienone is 1. The number of rotatable bonds is 9. The maximum absolute atomic E-state index is 13.4. The molecule has 0 N–H and O–H groups in total. The molecule has 204 valence electrons. The number of carbonyl (C=O) groups excluding carboxylic acids is 3. The van der Waals surface area contributed by atoms with Crippen LogP contribution in [-0.4, -0.2) is 72.8 Å². The van der Waals surface area contributed by atoms with E-state index < -0.39 is 12.0 Å². The molecule has 1 saturated heterocycles. The molecule has 1 aromatic rings. The van der Waals surface area contributed by atoms with Gasteiger partial charge in [0.2, 0.25) is 5.91 Å². The number of esters is 2. The number of amides is 1. The van der Waals surface area contributed by atoms with Gasteiger partial charge in [-0.05, 0) is 43.7 Å². The third-order valence-corrected chi connectivity index (χ3v) is 7.90. The number of piperidine rings is 1. The SMILES string of the molecule is CCOC(=O)[C@@H]1CCCN(C(=O)CC2=CSC3=NC(C)=C(C(=O)OCCOC)[C@@H](c4ccccc4Cl)N23)C1. The molecule has 1 aromatic carbocycles. The van der Waals surface area contributed by atoms with E-state index in [9.17, 15) is 14.4 Å². The standard InChI is InChI=1S/C27H32ClN3O6S/c1-4-36-25(33)18-8-7-11-30(15-18)22(32)14-19-16-38-27-29-17(2)23(26(34)37-13-12-35-3)24(31(19)27)20-9-5-6-10-21(20)28/h5-6,9-10,16,18,24H,4,7-8,11-15H2,1-3H3/t18-,24-/m1/s1. The van der Waals surface area contributed by atoms with Gasteiger partial charge in [-0.15, -0.1) is 0 Å². The van der Waals surface area contributed by atoms with Gasteiger partial charge in [0.1, 0.15) is 6.61 Å². The Morgan fingerprint density at radius 2 is 1.97 bits per heavy atom. The lowest BCUT2D eigenvalue weighted by atomic mass is 9.93. The van der Waals surface area contributed by atoms with Crippen molar-refractivity contribution in [3.05, 3.63) is 57.2 Å². The van der Waals surface area contributed by atoms with Gasteiger partial charge >= 0.3 is 11.9 Å². The average molecular weight is 562 g/mol. The Morgan fingerprint density at radius 3 is 2.71 bits per heavy atom. The van der Waals surface area contributed by atoms with Gasteiger partial charge in [0, 0.05) is 30.9 Å². The van der Waals surface area contributed by atoms with Crippen LogP contribution < -0.4 is 0 Å². The second-order valence-corrected chi connectivity index (χ2v) is 10.4. The van der Waals surface area contributed by atoms with Crippen molar-refractivity contribution in [2.75, 3.05) is 40.0 Å². The Labute approximate surface area is 231 Å². The molecule has 3 heterocycles. The number of thioether (sulfide) groups is 1. The van der Waals surface area contributed by atoms with Crippen LogP contribution in [0.2, 0.25) is 5.02 Å². The number of hydrogen-bond donors (Lipinski definition) is 0. The highest BCUT2D eigenvalue weighted by Crippen LogP contribution is 2.46. The van der Waals surface area contributed by atoms with E-state index in [4.69, 9.17) is 25.8 Å². The lowest BCUT2D eigenvalue weighted by Gasteiger charge is -2.37. The summed E-state index contributed by atoms with van der Waals surface area (Å²) >= 11 is 8.03. The zero-order chi connectivity index (χ0) is 27.2. The van der Waals surface area contributed by atoms with Crippen molar-refractivity contribution in [1.29, 1.82) is 0 Å². The number of aliphatic imine (C=N–C) groups is 1. The van der Waals surface area contributed by atoms with Crippen molar-refractivity contribution in [3.8, 4) is 0 Å².